The van der Waals surface area contributed by atoms with E-state index in [1.807, 2.05) is 0 Å². The van der Waals surface area contributed by atoms with Crippen LogP contribution in [0.4, 0.5) is 0 Å². The van der Waals surface area contributed by atoms with Crippen molar-refractivity contribution in [3.8, 4) is 0 Å². The van der Waals surface area contributed by atoms with E-state index in [9.17, 15) is 9.79 Å². The molecule has 0 aromatic carbocycles. The molecule has 0 saturated carbocycles. The first kappa shape index (κ1) is 27.5. The molecule has 164 valence electrons. The first-order valence-electron chi connectivity index (χ1n) is 11.2. The Labute approximate surface area is 174 Å². The predicted molar refractivity (Wildman–Crippen MR) is 119 cm³/mol. The Morgan fingerprint density at radius 1 is 0.815 bits per heavy atom. The van der Waals surface area contributed by atoms with Crippen LogP contribution in [0.1, 0.15) is 103 Å². The smallest absolute Gasteiger partial charge is 0.113 e. The summed E-state index contributed by atoms with van der Waals surface area (Å²) in [4.78, 5) is 20.7. The van der Waals surface area contributed by atoms with E-state index in [4.69, 9.17) is 4.52 Å². The molecule has 4 nitrogen and oxygen atoms in total. The standard InChI is InChI=1S/C21H46NO3PS/c1-5-6-7-8-9-10-11-12-13-14-15-16-17-18-19-21(20-22(2,3)4)25-26(23,24)27/h21H,5-20H2,1-4H3,(H-,23,24,27). The van der Waals surface area contributed by atoms with Gasteiger partial charge < -0.3 is 18.8 Å². The molecular formula is C21H46NO3PS. The molecule has 0 aliphatic rings. The normalized spacial score (nSPS) is 15.6. The number of nitrogens with zero attached hydrogens (tertiary/aromatic N) is 1. The highest BCUT2D eigenvalue weighted by molar-refractivity contribution is 8.06. The van der Waals surface area contributed by atoms with Gasteiger partial charge in [-0.25, -0.2) is 0 Å². The zero-order valence-corrected chi connectivity index (χ0v) is 20.2. The first-order valence-corrected chi connectivity index (χ1v) is 13.8. The van der Waals surface area contributed by atoms with Crippen molar-refractivity contribution in [1.82, 2.24) is 0 Å². The third kappa shape index (κ3) is 22.6. The zero-order valence-electron chi connectivity index (χ0n) is 18.5. The molecule has 0 bridgehead atoms. The van der Waals surface area contributed by atoms with Gasteiger partial charge in [0.1, 0.15) is 19.4 Å². The van der Waals surface area contributed by atoms with Gasteiger partial charge in [0.2, 0.25) is 0 Å². The fourth-order valence-corrected chi connectivity index (χ4v) is 4.46. The van der Waals surface area contributed by atoms with E-state index in [2.05, 4.69) is 39.9 Å². The van der Waals surface area contributed by atoms with Gasteiger partial charge in [-0.05, 0) is 6.42 Å². The van der Waals surface area contributed by atoms with Gasteiger partial charge in [-0.1, -0.05) is 109 Å². The summed E-state index contributed by atoms with van der Waals surface area (Å²) in [6.07, 6.45) is 19.2. The highest BCUT2D eigenvalue weighted by Crippen LogP contribution is 2.34. The third-order valence-corrected chi connectivity index (χ3v) is 5.74. The summed E-state index contributed by atoms with van der Waals surface area (Å²) in [5, 5.41) is 0. The van der Waals surface area contributed by atoms with Crippen LogP contribution in [-0.2, 0) is 16.3 Å². The summed E-state index contributed by atoms with van der Waals surface area (Å²) in [5.74, 6) is 0. The van der Waals surface area contributed by atoms with Gasteiger partial charge in [0.25, 0.3) is 0 Å². The summed E-state index contributed by atoms with van der Waals surface area (Å²) in [7, 11) is 6.19. The number of hydrogen-bond acceptors (Lipinski definition) is 3. The summed E-state index contributed by atoms with van der Waals surface area (Å²) in [6, 6.07) is 0. The summed E-state index contributed by atoms with van der Waals surface area (Å²) in [5.41, 5.74) is 0. The zero-order chi connectivity index (χ0) is 20.6. The molecule has 0 aromatic rings. The molecule has 0 amide bonds. The molecule has 0 aliphatic heterocycles. The van der Waals surface area contributed by atoms with Gasteiger partial charge >= 0.3 is 0 Å². The summed E-state index contributed by atoms with van der Waals surface area (Å²) < 4.78 is 5.94. The lowest BCUT2D eigenvalue weighted by atomic mass is 10.0. The lowest BCUT2D eigenvalue weighted by Gasteiger charge is -2.33. The minimum atomic E-state index is -3.82. The van der Waals surface area contributed by atoms with Crippen LogP contribution < -0.4 is 4.89 Å². The van der Waals surface area contributed by atoms with Crippen LogP contribution in [0, 0.1) is 0 Å². The van der Waals surface area contributed by atoms with Gasteiger partial charge in [-0.2, -0.15) is 0 Å². The molecule has 2 atom stereocenters. The van der Waals surface area contributed by atoms with Crippen molar-refractivity contribution in [2.24, 2.45) is 0 Å². The molecule has 27 heavy (non-hydrogen) atoms. The van der Waals surface area contributed by atoms with Crippen molar-refractivity contribution in [2.75, 3.05) is 27.7 Å². The first-order chi connectivity index (χ1) is 12.6. The lowest BCUT2D eigenvalue weighted by Crippen LogP contribution is -2.42. The van der Waals surface area contributed by atoms with Crippen molar-refractivity contribution < 1.29 is 18.8 Å². The van der Waals surface area contributed by atoms with E-state index in [0.29, 0.717) is 11.0 Å². The lowest BCUT2D eigenvalue weighted by molar-refractivity contribution is -0.873. The van der Waals surface area contributed by atoms with E-state index in [1.165, 1.54) is 83.5 Å². The minimum absolute atomic E-state index is 0.226. The molecule has 0 heterocycles. The maximum absolute atomic E-state index is 11.4. The molecule has 0 rings (SSSR count). The molecule has 6 heteroatoms. The number of hydrogen-bond donors (Lipinski definition) is 1. The topological polar surface area (TPSA) is 52.5 Å². The molecule has 0 aliphatic carbocycles. The van der Waals surface area contributed by atoms with Crippen LogP contribution in [-0.4, -0.2) is 43.2 Å². The summed E-state index contributed by atoms with van der Waals surface area (Å²) >= 11 is 4.54. The van der Waals surface area contributed by atoms with Gasteiger partial charge in [0.05, 0.1) is 21.1 Å². The number of likely N-dealkylation sites (N-methyl/N-ethyl adjacent to an activating group) is 1. The predicted octanol–water partition coefficient (Wildman–Crippen LogP) is 5.53. The second-order valence-corrected chi connectivity index (χ2v) is 11.6. The maximum Gasteiger partial charge on any atom is 0.113 e. The van der Waals surface area contributed by atoms with Gasteiger partial charge in [-0.3, -0.25) is 0 Å². The van der Waals surface area contributed by atoms with Crippen LogP contribution in [0.25, 0.3) is 0 Å². The number of quaternary nitrogens is 1. The third-order valence-electron chi connectivity index (χ3n) is 4.91. The van der Waals surface area contributed by atoms with Crippen LogP contribution in [0.2, 0.25) is 0 Å². The highest BCUT2D eigenvalue weighted by atomic mass is 32.5. The molecule has 1 N–H and O–H groups in total. The molecule has 2 unspecified atom stereocenters. The summed E-state index contributed by atoms with van der Waals surface area (Å²) in [6.45, 7) is -0.845. The molecule has 0 saturated heterocycles. The Balaban J connectivity index is 3.58. The van der Waals surface area contributed by atoms with Crippen LogP contribution in [0.5, 0.6) is 0 Å². The van der Waals surface area contributed by atoms with Crippen molar-refractivity contribution in [3.63, 3.8) is 0 Å². The van der Waals surface area contributed by atoms with Gasteiger partial charge in [0, 0.05) is 0 Å². The second kappa shape index (κ2) is 16.3. The SMILES string of the molecule is CCCCCCCCCCCCCCCCC(C[N+](C)(C)C)OP([O-])(O)=S. The Kier molecular flexibility index (Phi) is 16.6. The van der Waals surface area contributed by atoms with Crippen molar-refractivity contribution in [1.29, 1.82) is 0 Å². The monoisotopic (exact) mass is 423 g/mol. The fourth-order valence-electron chi connectivity index (χ4n) is 3.54. The van der Waals surface area contributed by atoms with Gasteiger partial charge in [-0.15, -0.1) is 0 Å². The maximum atomic E-state index is 11.4. The molecule has 0 fully saturated rings. The average Bonchev–Trinajstić information content (AvgIpc) is 2.52. The van der Waals surface area contributed by atoms with Crippen LogP contribution >= 0.6 is 6.72 Å². The van der Waals surface area contributed by atoms with Crippen molar-refractivity contribution in [2.45, 2.75) is 109 Å². The van der Waals surface area contributed by atoms with E-state index < -0.39 is 6.72 Å². The minimum Gasteiger partial charge on any atom is -0.780 e. The number of unbranched alkanes of at least 4 members (excludes halogenated alkanes) is 13. The largest absolute Gasteiger partial charge is 0.780 e. The van der Waals surface area contributed by atoms with Gasteiger partial charge in [0.15, 0.2) is 0 Å². The van der Waals surface area contributed by atoms with Crippen LogP contribution in [0.3, 0.4) is 0 Å². The van der Waals surface area contributed by atoms with Crippen molar-refractivity contribution in [3.05, 3.63) is 0 Å². The quantitative estimate of drug-likeness (QED) is 0.169. The molecule has 0 radical (unpaired) electrons. The van der Waals surface area contributed by atoms with Crippen molar-refractivity contribution >= 4 is 18.5 Å². The fraction of sp³-hybridized carbons (Fsp3) is 1.00. The Hall–Kier alpha value is 0.490. The second-order valence-electron chi connectivity index (χ2n) is 9.05. The Morgan fingerprint density at radius 3 is 1.52 bits per heavy atom. The molecule has 0 spiro atoms. The van der Waals surface area contributed by atoms with E-state index in [-0.39, 0.29) is 6.10 Å². The molecular weight excluding hydrogens is 377 g/mol. The van der Waals surface area contributed by atoms with E-state index in [0.717, 1.165) is 12.8 Å². The van der Waals surface area contributed by atoms with Crippen LogP contribution in [0.15, 0.2) is 0 Å². The average molecular weight is 424 g/mol. The Bertz CT molecular complexity index is 382. The Morgan fingerprint density at radius 2 is 1.19 bits per heavy atom. The number of rotatable bonds is 19. The van der Waals surface area contributed by atoms with E-state index >= 15 is 0 Å². The molecule has 0 aromatic heterocycles. The highest BCUT2D eigenvalue weighted by Gasteiger charge is 2.20. The van der Waals surface area contributed by atoms with E-state index in [1.54, 1.807) is 0 Å².